The first-order valence-corrected chi connectivity index (χ1v) is 14.7. The Balaban J connectivity index is 1.12. The molecule has 0 saturated carbocycles. The fraction of sp³-hybridized carbons (Fsp3) is 0.500. The van der Waals surface area contributed by atoms with Crippen LogP contribution < -0.4 is 15.4 Å². The van der Waals surface area contributed by atoms with Crippen molar-refractivity contribution < 1.29 is 14.6 Å². The molecule has 0 bridgehead atoms. The highest BCUT2D eigenvalue weighted by molar-refractivity contribution is 6.31. The average molecular weight is 550 g/mol. The SMILES string of the molecule is Cc1c(C)c2c(c(C)c1O)CCC(C)(C(=O)NCCCCCNc1c3c(nc4cc(Cl)ccc14)CCCC3)O2. The first-order chi connectivity index (χ1) is 18.7. The Morgan fingerprint density at radius 3 is 2.62 bits per heavy atom. The van der Waals surface area contributed by atoms with E-state index in [1.165, 1.54) is 29.8 Å². The van der Waals surface area contributed by atoms with Gasteiger partial charge in [0.1, 0.15) is 11.5 Å². The molecule has 1 aliphatic heterocycles. The number of benzene rings is 2. The quantitative estimate of drug-likeness (QED) is 0.267. The number of hydrogen-bond donors (Lipinski definition) is 3. The molecule has 1 amide bonds. The van der Waals surface area contributed by atoms with Crippen LogP contribution in [-0.4, -0.2) is 34.7 Å². The van der Waals surface area contributed by atoms with Gasteiger partial charge < -0.3 is 20.5 Å². The highest BCUT2D eigenvalue weighted by Gasteiger charge is 2.40. The number of carbonyl (C=O) groups excluding carboxylic acids is 1. The van der Waals surface area contributed by atoms with Gasteiger partial charge >= 0.3 is 0 Å². The van der Waals surface area contributed by atoms with E-state index in [1.54, 1.807) is 0 Å². The Morgan fingerprint density at radius 2 is 1.79 bits per heavy atom. The molecule has 0 fully saturated rings. The number of aromatic hydroxyl groups is 1. The zero-order chi connectivity index (χ0) is 27.7. The second-order valence-electron chi connectivity index (χ2n) is 11.4. The maximum absolute atomic E-state index is 13.1. The lowest BCUT2D eigenvalue weighted by Gasteiger charge is -2.36. The average Bonchev–Trinajstić information content (AvgIpc) is 2.93. The number of nitrogens with one attached hydrogen (secondary N) is 2. The maximum Gasteiger partial charge on any atom is 0.263 e. The van der Waals surface area contributed by atoms with E-state index in [4.69, 9.17) is 21.3 Å². The highest BCUT2D eigenvalue weighted by Crippen LogP contribution is 2.43. The minimum Gasteiger partial charge on any atom is -0.507 e. The maximum atomic E-state index is 13.1. The number of hydrogen-bond acceptors (Lipinski definition) is 5. The lowest BCUT2D eigenvalue weighted by molar-refractivity contribution is -0.136. The fourth-order valence-electron chi connectivity index (χ4n) is 6.04. The second-order valence-corrected chi connectivity index (χ2v) is 11.8. The van der Waals surface area contributed by atoms with Crippen molar-refractivity contribution in [2.75, 3.05) is 18.4 Å². The minimum absolute atomic E-state index is 0.0670. The zero-order valence-corrected chi connectivity index (χ0v) is 24.4. The number of nitrogens with zero attached hydrogens (tertiary/aromatic N) is 1. The molecule has 1 atom stereocenters. The van der Waals surface area contributed by atoms with Crippen molar-refractivity contribution in [3.05, 3.63) is 56.7 Å². The number of ether oxygens (including phenoxy) is 1. The predicted octanol–water partition coefficient (Wildman–Crippen LogP) is 6.88. The Labute approximate surface area is 236 Å². The van der Waals surface area contributed by atoms with Crippen LogP contribution in [0.25, 0.3) is 10.9 Å². The monoisotopic (exact) mass is 549 g/mol. The van der Waals surface area contributed by atoms with Crippen molar-refractivity contribution in [3.63, 3.8) is 0 Å². The molecule has 0 radical (unpaired) electrons. The molecule has 2 aliphatic rings. The molecule has 0 saturated heterocycles. The largest absolute Gasteiger partial charge is 0.507 e. The fourth-order valence-corrected chi connectivity index (χ4v) is 6.20. The van der Waals surface area contributed by atoms with E-state index in [1.807, 2.05) is 39.8 Å². The van der Waals surface area contributed by atoms with Crippen LogP contribution >= 0.6 is 11.6 Å². The third kappa shape index (κ3) is 5.41. The minimum atomic E-state index is -0.903. The number of pyridine rings is 1. The van der Waals surface area contributed by atoms with Crippen LogP contribution in [0.5, 0.6) is 11.5 Å². The van der Waals surface area contributed by atoms with Gasteiger partial charge in [-0.25, -0.2) is 0 Å². The van der Waals surface area contributed by atoms with Crippen LogP contribution in [0, 0.1) is 20.8 Å². The number of unbranched alkanes of at least 4 members (excludes halogenated alkanes) is 2. The summed E-state index contributed by atoms with van der Waals surface area (Å²) in [5, 5.41) is 19.1. The highest BCUT2D eigenvalue weighted by atomic mass is 35.5. The van der Waals surface area contributed by atoms with Crippen molar-refractivity contribution in [2.45, 2.75) is 91.1 Å². The van der Waals surface area contributed by atoms with Crippen molar-refractivity contribution in [3.8, 4) is 11.5 Å². The van der Waals surface area contributed by atoms with Crippen LogP contribution in [-0.2, 0) is 24.1 Å². The summed E-state index contributed by atoms with van der Waals surface area (Å²) in [5.41, 5.74) is 7.44. The summed E-state index contributed by atoms with van der Waals surface area (Å²) in [6, 6.07) is 5.98. The van der Waals surface area contributed by atoms with Crippen molar-refractivity contribution in [1.82, 2.24) is 10.3 Å². The number of phenols is 1. The summed E-state index contributed by atoms with van der Waals surface area (Å²) in [6.45, 7) is 9.14. The van der Waals surface area contributed by atoms with E-state index in [0.717, 1.165) is 82.6 Å². The van der Waals surface area contributed by atoms with Crippen molar-refractivity contribution in [2.24, 2.45) is 0 Å². The number of fused-ring (bicyclic) bond motifs is 3. The van der Waals surface area contributed by atoms with Gasteiger partial charge in [-0.15, -0.1) is 0 Å². The number of anilines is 1. The summed E-state index contributed by atoms with van der Waals surface area (Å²) in [5.74, 6) is 1.02. The molecule has 3 aromatic rings. The van der Waals surface area contributed by atoms with E-state index in [9.17, 15) is 9.90 Å². The van der Waals surface area contributed by atoms with Crippen LogP contribution in [0.3, 0.4) is 0 Å². The third-order valence-corrected chi connectivity index (χ3v) is 8.90. The van der Waals surface area contributed by atoms with E-state index in [-0.39, 0.29) is 5.91 Å². The molecule has 2 heterocycles. The Bertz CT molecular complexity index is 1420. The lowest BCUT2D eigenvalue weighted by Crippen LogP contribution is -2.51. The number of aromatic nitrogens is 1. The molecule has 5 rings (SSSR count). The number of aryl methyl sites for hydroxylation is 1. The van der Waals surface area contributed by atoms with Gasteiger partial charge in [-0.05, 0) is 120 Å². The predicted molar refractivity (Wildman–Crippen MR) is 158 cm³/mol. The van der Waals surface area contributed by atoms with Crippen LogP contribution in [0.15, 0.2) is 18.2 Å². The van der Waals surface area contributed by atoms with Gasteiger partial charge in [-0.1, -0.05) is 11.6 Å². The molecule has 1 aliphatic carbocycles. The standard InChI is InChI=1S/C32H40ClN3O3/c1-19-20(2)30-23(21(3)29(19)37)14-15-32(4,39-30)31(38)35-17-9-5-8-16-34-28-24-10-6-7-11-26(24)36-27-18-22(33)12-13-25(27)28/h12-13,18,37H,5-11,14-17H2,1-4H3,(H,34,36)(H,35,38). The van der Waals surface area contributed by atoms with Gasteiger partial charge in [-0.2, -0.15) is 0 Å². The van der Waals surface area contributed by atoms with Gasteiger partial charge in [0.2, 0.25) is 0 Å². The number of halogens is 1. The summed E-state index contributed by atoms with van der Waals surface area (Å²) >= 11 is 6.25. The van der Waals surface area contributed by atoms with Gasteiger partial charge in [-0.3, -0.25) is 9.78 Å². The van der Waals surface area contributed by atoms with Crippen molar-refractivity contribution in [1.29, 1.82) is 0 Å². The summed E-state index contributed by atoms with van der Waals surface area (Å²) in [6.07, 6.45) is 8.75. The Hall–Kier alpha value is -2.99. The number of amides is 1. The Kier molecular flexibility index (Phi) is 7.95. The smallest absolute Gasteiger partial charge is 0.263 e. The molecule has 208 valence electrons. The third-order valence-electron chi connectivity index (χ3n) is 8.67. The lowest BCUT2D eigenvalue weighted by atomic mass is 9.86. The van der Waals surface area contributed by atoms with E-state index < -0.39 is 5.60 Å². The molecule has 6 nitrogen and oxygen atoms in total. The summed E-state index contributed by atoms with van der Waals surface area (Å²) < 4.78 is 6.31. The van der Waals surface area contributed by atoms with E-state index >= 15 is 0 Å². The zero-order valence-electron chi connectivity index (χ0n) is 23.6. The van der Waals surface area contributed by atoms with Gasteiger partial charge in [0.15, 0.2) is 5.60 Å². The molecular weight excluding hydrogens is 510 g/mol. The molecule has 1 unspecified atom stereocenters. The number of phenolic OH excluding ortho intramolecular Hbond substituents is 1. The van der Waals surface area contributed by atoms with E-state index in [2.05, 4.69) is 16.7 Å². The molecule has 0 spiro atoms. The van der Waals surface area contributed by atoms with Crippen LogP contribution in [0.2, 0.25) is 5.02 Å². The first kappa shape index (κ1) is 27.6. The second kappa shape index (κ2) is 11.2. The summed E-state index contributed by atoms with van der Waals surface area (Å²) in [4.78, 5) is 18.0. The van der Waals surface area contributed by atoms with Gasteiger partial charge in [0.05, 0.1) is 5.52 Å². The molecular formula is C32H40ClN3O3. The molecule has 39 heavy (non-hydrogen) atoms. The van der Waals surface area contributed by atoms with Crippen LogP contribution in [0.1, 0.15) is 79.0 Å². The molecule has 7 heteroatoms. The first-order valence-electron chi connectivity index (χ1n) is 14.3. The van der Waals surface area contributed by atoms with Crippen molar-refractivity contribution >= 4 is 34.1 Å². The van der Waals surface area contributed by atoms with Gasteiger partial charge in [0, 0.05) is 46.9 Å². The van der Waals surface area contributed by atoms with E-state index in [0.29, 0.717) is 25.1 Å². The molecule has 3 N–H and O–H groups in total. The summed E-state index contributed by atoms with van der Waals surface area (Å²) in [7, 11) is 0. The topological polar surface area (TPSA) is 83.5 Å². The van der Waals surface area contributed by atoms with Crippen LogP contribution in [0.4, 0.5) is 5.69 Å². The van der Waals surface area contributed by atoms with Gasteiger partial charge in [0.25, 0.3) is 5.91 Å². The molecule has 2 aromatic carbocycles. The Morgan fingerprint density at radius 1 is 1.03 bits per heavy atom. The number of carbonyl (C=O) groups is 1. The molecule has 1 aromatic heterocycles. The number of rotatable bonds is 8. The normalized spacial score (nSPS) is 18.3.